The van der Waals surface area contributed by atoms with Gasteiger partial charge < -0.3 is 10.1 Å². The van der Waals surface area contributed by atoms with Gasteiger partial charge in [0.25, 0.3) is 0 Å². The monoisotopic (exact) mass is 410 g/mol. The van der Waals surface area contributed by atoms with Crippen LogP contribution in [0.15, 0.2) is 71.0 Å². The van der Waals surface area contributed by atoms with E-state index in [1.54, 1.807) is 23.7 Å². The molecule has 2 aromatic carbocycles. The van der Waals surface area contributed by atoms with Crippen molar-refractivity contribution in [1.82, 2.24) is 14.8 Å². The highest BCUT2D eigenvalue weighted by molar-refractivity contribution is 7.98. The SMILES string of the molecule is COC(=O)C1=C(C)Nc2nc(SCc3ccccc3)nn2C1c1ccc(F)cc1. The van der Waals surface area contributed by atoms with Crippen LogP contribution in [0.25, 0.3) is 0 Å². The molecule has 0 radical (unpaired) electrons. The molecule has 0 fully saturated rings. The number of aromatic nitrogens is 3. The molecular formula is C21H19FN4O2S. The molecule has 0 aliphatic carbocycles. The number of anilines is 1. The molecule has 1 aliphatic heterocycles. The second-order valence-corrected chi connectivity index (χ2v) is 7.49. The fourth-order valence-electron chi connectivity index (χ4n) is 3.24. The van der Waals surface area contributed by atoms with Crippen LogP contribution >= 0.6 is 11.8 Å². The Balaban J connectivity index is 1.70. The van der Waals surface area contributed by atoms with Gasteiger partial charge in [-0.1, -0.05) is 54.2 Å². The van der Waals surface area contributed by atoms with Gasteiger partial charge in [0.05, 0.1) is 12.7 Å². The number of rotatable bonds is 5. The molecule has 1 unspecified atom stereocenters. The van der Waals surface area contributed by atoms with E-state index in [9.17, 15) is 9.18 Å². The molecule has 2 heterocycles. The number of allylic oxidation sites excluding steroid dienone is 1. The van der Waals surface area contributed by atoms with Crippen molar-refractivity contribution in [2.75, 3.05) is 12.4 Å². The zero-order valence-electron chi connectivity index (χ0n) is 15.9. The molecule has 1 atom stereocenters. The number of halogens is 1. The molecular weight excluding hydrogens is 391 g/mol. The Hall–Kier alpha value is -3.13. The van der Waals surface area contributed by atoms with Gasteiger partial charge in [-0.15, -0.1) is 5.10 Å². The van der Waals surface area contributed by atoms with Crippen molar-refractivity contribution in [2.45, 2.75) is 23.9 Å². The first-order chi connectivity index (χ1) is 14.1. The van der Waals surface area contributed by atoms with Gasteiger partial charge in [-0.05, 0) is 30.2 Å². The third-order valence-corrected chi connectivity index (χ3v) is 5.54. The minimum absolute atomic E-state index is 0.346. The maximum absolute atomic E-state index is 13.5. The fourth-order valence-corrected chi connectivity index (χ4v) is 4.03. The van der Waals surface area contributed by atoms with E-state index in [4.69, 9.17) is 4.74 Å². The number of ether oxygens (including phenoxy) is 1. The maximum atomic E-state index is 13.5. The summed E-state index contributed by atoms with van der Waals surface area (Å²) < 4.78 is 20.1. The van der Waals surface area contributed by atoms with Crippen molar-refractivity contribution in [1.29, 1.82) is 0 Å². The van der Waals surface area contributed by atoms with Gasteiger partial charge in [0, 0.05) is 11.4 Å². The van der Waals surface area contributed by atoms with Crippen molar-refractivity contribution in [3.63, 3.8) is 0 Å². The molecule has 0 saturated heterocycles. The predicted molar refractivity (Wildman–Crippen MR) is 109 cm³/mol. The number of thioether (sulfide) groups is 1. The molecule has 6 nitrogen and oxygen atoms in total. The van der Waals surface area contributed by atoms with Gasteiger partial charge in [0.2, 0.25) is 11.1 Å². The van der Waals surface area contributed by atoms with Gasteiger partial charge >= 0.3 is 5.97 Å². The Labute approximate surface area is 171 Å². The van der Waals surface area contributed by atoms with E-state index >= 15 is 0 Å². The lowest BCUT2D eigenvalue weighted by Crippen LogP contribution is -2.29. The van der Waals surface area contributed by atoms with Crippen molar-refractivity contribution in [3.05, 3.63) is 82.8 Å². The van der Waals surface area contributed by atoms with E-state index in [1.165, 1.54) is 31.0 Å². The molecule has 1 N–H and O–H groups in total. The molecule has 1 aliphatic rings. The minimum Gasteiger partial charge on any atom is -0.466 e. The fraction of sp³-hybridized carbons (Fsp3) is 0.190. The Bertz CT molecular complexity index is 1060. The van der Waals surface area contributed by atoms with E-state index in [-0.39, 0.29) is 5.82 Å². The van der Waals surface area contributed by atoms with Crippen LogP contribution in [0.1, 0.15) is 24.1 Å². The summed E-state index contributed by atoms with van der Waals surface area (Å²) >= 11 is 1.51. The summed E-state index contributed by atoms with van der Waals surface area (Å²) in [6, 6.07) is 15.5. The van der Waals surface area contributed by atoms with Crippen LogP contribution in [0, 0.1) is 5.82 Å². The van der Waals surface area contributed by atoms with E-state index in [1.807, 2.05) is 30.3 Å². The summed E-state index contributed by atoms with van der Waals surface area (Å²) in [6.07, 6.45) is 0. The van der Waals surface area contributed by atoms with Gasteiger partial charge in [-0.3, -0.25) is 0 Å². The molecule has 0 bridgehead atoms. The standard InChI is InChI=1S/C21H19FN4O2S/c1-13-17(19(27)28-2)18(15-8-10-16(22)11-9-15)26-20(23-13)24-21(25-26)29-12-14-6-4-3-5-7-14/h3-11,18H,12H2,1-2H3,(H,23,24,25). The number of nitrogens with zero attached hydrogens (tertiary/aromatic N) is 3. The molecule has 8 heteroatoms. The van der Waals surface area contributed by atoms with Gasteiger partial charge in [0.15, 0.2) is 0 Å². The molecule has 0 amide bonds. The molecule has 0 spiro atoms. The first-order valence-electron chi connectivity index (χ1n) is 9.01. The zero-order valence-corrected chi connectivity index (χ0v) is 16.7. The lowest BCUT2D eigenvalue weighted by atomic mass is 9.96. The van der Waals surface area contributed by atoms with Crippen LogP contribution in [0.5, 0.6) is 0 Å². The zero-order chi connectivity index (χ0) is 20.4. The Morgan fingerprint density at radius 2 is 1.93 bits per heavy atom. The van der Waals surface area contributed by atoms with Crippen LogP contribution in [-0.2, 0) is 15.3 Å². The number of esters is 1. The first kappa shape index (κ1) is 19.2. The number of nitrogens with one attached hydrogen (secondary N) is 1. The summed E-state index contributed by atoms with van der Waals surface area (Å²) in [5.41, 5.74) is 2.93. The Morgan fingerprint density at radius 3 is 2.62 bits per heavy atom. The summed E-state index contributed by atoms with van der Waals surface area (Å²) in [4.78, 5) is 17.1. The summed E-state index contributed by atoms with van der Waals surface area (Å²) in [7, 11) is 1.34. The number of benzene rings is 2. The van der Waals surface area contributed by atoms with Crippen LogP contribution in [0.3, 0.4) is 0 Å². The lowest BCUT2D eigenvalue weighted by Gasteiger charge is -2.27. The second kappa shape index (κ2) is 8.08. The molecule has 0 saturated carbocycles. The van der Waals surface area contributed by atoms with Gasteiger partial charge in [-0.2, -0.15) is 4.98 Å². The number of methoxy groups -OCH3 is 1. The van der Waals surface area contributed by atoms with Crippen LogP contribution < -0.4 is 5.32 Å². The predicted octanol–water partition coefficient (Wildman–Crippen LogP) is 4.17. The highest BCUT2D eigenvalue weighted by Gasteiger charge is 2.34. The van der Waals surface area contributed by atoms with E-state index in [0.717, 1.165) is 16.9 Å². The van der Waals surface area contributed by atoms with Crippen molar-refractivity contribution in [3.8, 4) is 0 Å². The van der Waals surface area contributed by atoms with Crippen LogP contribution in [0.4, 0.5) is 10.3 Å². The number of hydrogen-bond acceptors (Lipinski definition) is 6. The molecule has 1 aromatic heterocycles. The third kappa shape index (κ3) is 3.88. The number of fused-ring (bicyclic) bond motifs is 1. The summed E-state index contributed by atoms with van der Waals surface area (Å²) in [5, 5.41) is 8.34. The number of carbonyl (C=O) groups excluding carboxylic acids is 1. The smallest absolute Gasteiger partial charge is 0.338 e. The second-order valence-electron chi connectivity index (χ2n) is 6.55. The molecule has 4 rings (SSSR count). The molecule has 148 valence electrons. The molecule has 3 aromatic rings. The normalized spacial score (nSPS) is 15.6. The average molecular weight is 410 g/mol. The van der Waals surface area contributed by atoms with Crippen molar-refractivity contribution in [2.24, 2.45) is 0 Å². The summed E-state index contributed by atoms with van der Waals surface area (Å²) in [6.45, 7) is 1.79. The topological polar surface area (TPSA) is 69.0 Å². The van der Waals surface area contributed by atoms with Crippen molar-refractivity contribution >= 4 is 23.7 Å². The van der Waals surface area contributed by atoms with E-state index in [0.29, 0.717) is 22.4 Å². The number of carbonyl (C=O) groups is 1. The Kier molecular flexibility index (Phi) is 5.35. The highest BCUT2D eigenvalue weighted by atomic mass is 32.2. The number of hydrogen-bond donors (Lipinski definition) is 1. The lowest BCUT2D eigenvalue weighted by molar-refractivity contribution is -0.136. The average Bonchev–Trinajstić information content (AvgIpc) is 3.14. The quantitative estimate of drug-likeness (QED) is 0.503. The Morgan fingerprint density at radius 1 is 1.21 bits per heavy atom. The van der Waals surface area contributed by atoms with Gasteiger partial charge in [0.1, 0.15) is 11.9 Å². The molecule has 29 heavy (non-hydrogen) atoms. The largest absolute Gasteiger partial charge is 0.466 e. The summed E-state index contributed by atoms with van der Waals surface area (Å²) in [5.74, 6) is 0.437. The highest BCUT2D eigenvalue weighted by Crippen LogP contribution is 2.36. The van der Waals surface area contributed by atoms with Gasteiger partial charge in [-0.25, -0.2) is 13.9 Å². The van der Waals surface area contributed by atoms with E-state index in [2.05, 4.69) is 15.4 Å². The first-order valence-corrected chi connectivity index (χ1v) is 10.00. The maximum Gasteiger partial charge on any atom is 0.338 e. The van der Waals surface area contributed by atoms with Crippen molar-refractivity contribution < 1.29 is 13.9 Å². The third-order valence-electron chi connectivity index (χ3n) is 4.63. The van der Waals surface area contributed by atoms with Crippen LogP contribution in [-0.4, -0.2) is 27.8 Å². The van der Waals surface area contributed by atoms with Crippen LogP contribution in [0.2, 0.25) is 0 Å². The van der Waals surface area contributed by atoms with E-state index < -0.39 is 12.0 Å². The minimum atomic E-state index is -0.558.